The molecule has 0 fully saturated rings. The third-order valence-corrected chi connectivity index (χ3v) is 2.27. The molecule has 7 heteroatoms. The molecule has 0 saturated carbocycles. The molecular formula is C11H16F3N3O. The summed E-state index contributed by atoms with van der Waals surface area (Å²) in [5.74, 6) is 4.92. The van der Waals surface area contributed by atoms with E-state index in [9.17, 15) is 13.2 Å². The standard InChI is InChI=1S/C11H16F3N3O/c1-2-3-4-5-18-10-7-8(11(12,13)14)6-9(16-10)17-15/h6-7H,2-5,15H2,1H3,(H,16,17). The van der Waals surface area contributed by atoms with Crippen molar-refractivity contribution in [1.29, 1.82) is 0 Å². The fraction of sp³-hybridized carbons (Fsp3) is 0.545. The fourth-order valence-corrected chi connectivity index (χ4v) is 1.35. The normalized spacial score (nSPS) is 11.4. The van der Waals surface area contributed by atoms with E-state index >= 15 is 0 Å². The molecule has 0 aliphatic heterocycles. The highest BCUT2D eigenvalue weighted by atomic mass is 19.4. The summed E-state index contributed by atoms with van der Waals surface area (Å²) in [5, 5.41) is 0. The van der Waals surface area contributed by atoms with E-state index in [1.165, 1.54) is 0 Å². The molecule has 1 heterocycles. The first-order valence-corrected chi connectivity index (χ1v) is 5.66. The lowest BCUT2D eigenvalue weighted by atomic mass is 10.2. The molecule has 102 valence electrons. The zero-order chi connectivity index (χ0) is 13.6. The highest BCUT2D eigenvalue weighted by molar-refractivity contribution is 5.41. The van der Waals surface area contributed by atoms with Gasteiger partial charge in [-0.2, -0.15) is 18.2 Å². The van der Waals surface area contributed by atoms with Crippen LogP contribution in [-0.2, 0) is 6.18 Å². The topological polar surface area (TPSA) is 60.2 Å². The van der Waals surface area contributed by atoms with Gasteiger partial charge in [0.1, 0.15) is 5.82 Å². The number of ether oxygens (including phenoxy) is 1. The Morgan fingerprint density at radius 2 is 2.06 bits per heavy atom. The Kier molecular flexibility index (Phi) is 5.21. The van der Waals surface area contributed by atoms with Crippen molar-refractivity contribution >= 4 is 5.82 Å². The van der Waals surface area contributed by atoms with Crippen molar-refractivity contribution < 1.29 is 17.9 Å². The first-order valence-electron chi connectivity index (χ1n) is 5.66. The smallest absolute Gasteiger partial charge is 0.416 e. The first-order chi connectivity index (χ1) is 8.47. The molecule has 0 amide bonds. The van der Waals surface area contributed by atoms with Crippen LogP contribution >= 0.6 is 0 Å². The van der Waals surface area contributed by atoms with Gasteiger partial charge >= 0.3 is 6.18 Å². The van der Waals surface area contributed by atoms with Gasteiger partial charge in [-0.3, -0.25) is 0 Å². The summed E-state index contributed by atoms with van der Waals surface area (Å²) in [6.07, 6.45) is -1.70. The predicted molar refractivity (Wildman–Crippen MR) is 62.1 cm³/mol. The number of alkyl halides is 3. The van der Waals surface area contributed by atoms with Crippen LogP contribution in [0.15, 0.2) is 12.1 Å². The van der Waals surface area contributed by atoms with Gasteiger partial charge in [0.25, 0.3) is 0 Å². The number of nitrogens with zero attached hydrogens (tertiary/aromatic N) is 1. The highest BCUT2D eigenvalue weighted by Crippen LogP contribution is 2.32. The minimum Gasteiger partial charge on any atom is -0.478 e. The minimum absolute atomic E-state index is 0.0738. The van der Waals surface area contributed by atoms with Crippen molar-refractivity contribution in [3.8, 4) is 5.88 Å². The Labute approximate surface area is 103 Å². The van der Waals surface area contributed by atoms with E-state index in [1.54, 1.807) is 0 Å². The number of halogens is 3. The van der Waals surface area contributed by atoms with Crippen LogP contribution in [0, 0.1) is 0 Å². The van der Waals surface area contributed by atoms with Crippen molar-refractivity contribution in [3.63, 3.8) is 0 Å². The van der Waals surface area contributed by atoms with Crippen molar-refractivity contribution in [2.45, 2.75) is 32.4 Å². The second kappa shape index (κ2) is 6.44. The summed E-state index contributed by atoms with van der Waals surface area (Å²) in [4.78, 5) is 3.80. The molecule has 18 heavy (non-hydrogen) atoms. The SMILES string of the molecule is CCCCCOc1cc(C(F)(F)F)cc(NN)n1. The number of hydrazine groups is 1. The van der Waals surface area contributed by atoms with E-state index in [1.807, 2.05) is 6.92 Å². The second-order valence-corrected chi connectivity index (χ2v) is 3.78. The van der Waals surface area contributed by atoms with Crippen LogP contribution in [0.4, 0.5) is 19.0 Å². The number of nitrogen functional groups attached to an aromatic ring is 1. The summed E-state index contributed by atoms with van der Waals surface area (Å²) in [6.45, 7) is 2.37. The van der Waals surface area contributed by atoms with Crippen LogP contribution in [0.3, 0.4) is 0 Å². The number of pyridine rings is 1. The van der Waals surface area contributed by atoms with E-state index in [4.69, 9.17) is 10.6 Å². The number of hydrogen-bond acceptors (Lipinski definition) is 4. The average molecular weight is 263 g/mol. The Balaban J connectivity index is 2.78. The van der Waals surface area contributed by atoms with Crippen LogP contribution < -0.4 is 16.0 Å². The molecule has 0 bridgehead atoms. The molecule has 1 aromatic heterocycles. The Hall–Kier alpha value is -1.50. The van der Waals surface area contributed by atoms with E-state index < -0.39 is 11.7 Å². The zero-order valence-electron chi connectivity index (χ0n) is 10.0. The molecule has 0 unspecified atom stereocenters. The molecule has 4 nitrogen and oxygen atoms in total. The average Bonchev–Trinajstić information content (AvgIpc) is 2.33. The van der Waals surface area contributed by atoms with Gasteiger partial charge in [0, 0.05) is 6.07 Å². The van der Waals surface area contributed by atoms with Gasteiger partial charge in [-0.15, -0.1) is 0 Å². The Morgan fingerprint density at radius 3 is 2.61 bits per heavy atom. The van der Waals surface area contributed by atoms with Crippen LogP contribution in [0.1, 0.15) is 31.7 Å². The van der Waals surface area contributed by atoms with Crippen molar-refractivity contribution in [3.05, 3.63) is 17.7 Å². The number of aromatic nitrogens is 1. The number of rotatable bonds is 6. The molecule has 0 spiro atoms. The number of anilines is 1. The van der Waals surface area contributed by atoms with Gasteiger partial charge < -0.3 is 10.2 Å². The maximum Gasteiger partial charge on any atom is 0.416 e. The lowest BCUT2D eigenvalue weighted by Gasteiger charge is -2.11. The third-order valence-electron chi connectivity index (χ3n) is 2.27. The first kappa shape index (κ1) is 14.6. The van der Waals surface area contributed by atoms with Crippen molar-refractivity contribution in [1.82, 2.24) is 4.98 Å². The summed E-state index contributed by atoms with van der Waals surface area (Å²) in [5.41, 5.74) is 1.25. The van der Waals surface area contributed by atoms with E-state index in [-0.39, 0.29) is 11.7 Å². The third kappa shape index (κ3) is 4.40. The van der Waals surface area contributed by atoms with Crippen LogP contribution in [0.25, 0.3) is 0 Å². The molecule has 1 rings (SSSR count). The number of unbranched alkanes of at least 4 members (excludes halogenated alkanes) is 2. The van der Waals surface area contributed by atoms with Crippen molar-refractivity contribution in [2.24, 2.45) is 5.84 Å². The molecule has 0 aliphatic rings. The highest BCUT2D eigenvalue weighted by Gasteiger charge is 2.31. The summed E-state index contributed by atoms with van der Waals surface area (Å²) in [6, 6.07) is 1.70. The maximum absolute atomic E-state index is 12.6. The molecule has 0 aromatic carbocycles. The second-order valence-electron chi connectivity index (χ2n) is 3.78. The molecule has 1 aromatic rings. The van der Waals surface area contributed by atoms with E-state index in [2.05, 4.69) is 10.4 Å². The van der Waals surface area contributed by atoms with Crippen LogP contribution in [0.5, 0.6) is 5.88 Å². The minimum atomic E-state index is -4.45. The summed E-state index contributed by atoms with van der Waals surface area (Å²) < 4.78 is 42.9. The Morgan fingerprint density at radius 1 is 1.33 bits per heavy atom. The summed E-state index contributed by atoms with van der Waals surface area (Å²) >= 11 is 0. The predicted octanol–water partition coefficient (Wildman–Crippen LogP) is 2.96. The van der Waals surface area contributed by atoms with Gasteiger partial charge in [0.05, 0.1) is 12.2 Å². The van der Waals surface area contributed by atoms with Gasteiger partial charge in [0.15, 0.2) is 0 Å². The molecular weight excluding hydrogens is 247 g/mol. The summed E-state index contributed by atoms with van der Waals surface area (Å²) in [7, 11) is 0. The van der Waals surface area contributed by atoms with E-state index in [0.717, 1.165) is 31.4 Å². The molecule has 0 saturated heterocycles. The molecule has 0 radical (unpaired) electrons. The van der Waals surface area contributed by atoms with Crippen molar-refractivity contribution in [2.75, 3.05) is 12.0 Å². The number of hydrogen-bond donors (Lipinski definition) is 2. The monoisotopic (exact) mass is 263 g/mol. The quantitative estimate of drug-likeness (QED) is 0.470. The maximum atomic E-state index is 12.6. The lowest BCUT2D eigenvalue weighted by molar-refractivity contribution is -0.137. The number of nitrogens with two attached hydrogens (primary N) is 1. The van der Waals surface area contributed by atoms with Crippen LogP contribution in [0.2, 0.25) is 0 Å². The van der Waals surface area contributed by atoms with Gasteiger partial charge in [-0.25, -0.2) is 5.84 Å². The lowest BCUT2D eigenvalue weighted by Crippen LogP contribution is -2.13. The largest absolute Gasteiger partial charge is 0.478 e. The number of nitrogens with one attached hydrogen (secondary N) is 1. The van der Waals surface area contributed by atoms with Gasteiger partial charge in [-0.05, 0) is 12.5 Å². The van der Waals surface area contributed by atoms with Gasteiger partial charge in [-0.1, -0.05) is 19.8 Å². The zero-order valence-corrected chi connectivity index (χ0v) is 10.0. The molecule has 0 aliphatic carbocycles. The molecule has 3 N–H and O–H groups in total. The molecule has 0 atom stereocenters. The van der Waals surface area contributed by atoms with Gasteiger partial charge in [0.2, 0.25) is 5.88 Å². The fourth-order valence-electron chi connectivity index (χ4n) is 1.35. The van der Waals surface area contributed by atoms with Crippen LogP contribution in [-0.4, -0.2) is 11.6 Å². The van der Waals surface area contributed by atoms with E-state index in [0.29, 0.717) is 6.61 Å². The Bertz CT molecular complexity index is 382.